The molecule has 1 fully saturated rings. The van der Waals surface area contributed by atoms with Gasteiger partial charge < -0.3 is 20.9 Å². The molecule has 21 heavy (non-hydrogen) atoms. The number of aliphatic hydroxyl groups is 1. The fourth-order valence-corrected chi connectivity index (χ4v) is 2.72. The number of amides is 1. The van der Waals surface area contributed by atoms with E-state index in [9.17, 15) is 9.90 Å². The van der Waals surface area contributed by atoms with E-state index in [4.69, 9.17) is 10.5 Å². The maximum atomic E-state index is 11.9. The van der Waals surface area contributed by atoms with Gasteiger partial charge in [-0.2, -0.15) is 0 Å². The summed E-state index contributed by atoms with van der Waals surface area (Å²) in [5.41, 5.74) is 6.28. The Hall–Kier alpha value is -1.75. The summed E-state index contributed by atoms with van der Waals surface area (Å²) < 4.78 is 5.51. The average Bonchev–Trinajstić information content (AvgIpc) is 2.50. The molecule has 1 aromatic carbocycles. The fraction of sp³-hybridized carbons (Fsp3) is 0.562. The van der Waals surface area contributed by atoms with Crippen molar-refractivity contribution in [2.45, 2.75) is 38.1 Å². The molecule has 0 aliphatic heterocycles. The standard InChI is InChI=1S/C16H24N2O3/c17-13-5-7-14(8-6-13)21-10-9-16(20)18-15-4-2-1-3-12(15)11-19/h5-8,12,15,19H,1-4,9-11,17H2,(H,18,20). The monoisotopic (exact) mass is 292 g/mol. The van der Waals surface area contributed by atoms with Crippen LogP contribution < -0.4 is 15.8 Å². The second kappa shape index (κ2) is 7.88. The van der Waals surface area contributed by atoms with Crippen LogP contribution in [0.5, 0.6) is 5.75 Å². The predicted molar refractivity (Wildman–Crippen MR) is 81.9 cm³/mol. The molecule has 0 heterocycles. The number of anilines is 1. The van der Waals surface area contributed by atoms with Crippen molar-refractivity contribution in [3.05, 3.63) is 24.3 Å². The Kier molecular flexibility index (Phi) is 5.87. The first-order valence-electron chi connectivity index (χ1n) is 7.57. The van der Waals surface area contributed by atoms with Crippen LogP contribution in [0.1, 0.15) is 32.1 Å². The molecule has 5 nitrogen and oxygen atoms in total. The Morgan fingerprint density at radius 1 is 1.29 bits per heavy atom. The Morgan fingerprint density at radius 3 is 2.71 bits per heavy atom. The number of nitrogens with two attached hydrogens (primary N) is 1. The van der Waals surface area contributed by atoms with Gasteiger partial charge in [-0.15, -0.1) is 0 Å². The predicted octanol–water partition coefficient (Wildman–Crippen LogP) is 1.70. The van der Waals surface area contributed by atoms with E-state index < -0.39 is 0 Å². The van der Waals surface area contributed by atoms with Gasteiger partial charge in [0.25, 0.3) is 0 Å². The summed E-state index contributed by atoms with van der Waals surface area (Å²) in [5.74, 6) is 0.888. The van der Waals surface area contributed by atoms with E-state index in [0.29, 0.717) is 24.5 Å². The molecular formula is C16H24N2O3. The van der Waals surface area contributed by atoms with Crippen LogP contribution in [0.25, 0.3) is 0 Å². The van der Waals surface area contributed by atoms with E-state index in [1.54, 1.807) is 24.3 Å². The van der Waals surface area contributed by atoms with Crippen LogP contribution in [0, 0.1) is 5.92 Å². The fourth-order valence-electron chi connectivity index (χ4n) is 2.72. The SMILES string of the molecule is Nc1ccc(OCCC(=O)NC2CCCCC2CO)cc1. The molecule has 0 spiro atoms. The summed E-state index contributed by atoms with van der Waals surface area (Å²) in [5, 5.41) is 12.4. The van der Waals surface area contributed by atoms with Gasteiger partial charge in [-0.3, -0.25) is 4.79 Å². The van der Waals surface area contributed by atoms with Crippen molar-refractivity contribution in [1.82, 2.24) is 5.32 Å². The first kappa shape index (κ1) is 15.6. The highest BCUT2D eigenvalue weighted by Gasteiger charge is 2.25. The number of ether oxygens (including phenoxy) is 1. The highest BCUT2D eigenvalue weighted by Crippen LogP contribution is 2.24. The normalized spacial score (nSPS) is 21.8. The van der Waals surface area contributed by atoms with Crippen molar-refractivity contribution < 1.29 is 14.6 Å². The van der Waals surface area contributed by atoms with E-state index in [1.165, 1.54) is 0 Å². The van der Waals surface area contributed by atoms with Crippen LogP contribution in [-0.2, 0) is 4.79 Å². The average molecular weight is 292 g/mol. The summed E-state index contributed by atoms with van der Waals surface area (Å²) in [6.07, 6.45) is 4.51. The van der Waals surface area contributed by atoms with Gasteiger partial charge in [0.15, 0.2) is 0 Å². The molecule has 2 atom stereocenters. The second-order valence-corrected chi connectivity index (χ2v) is 5.57. The summed E-state index contributed by atoms with van der Waals surface area (Å²) >= 11 is 0. The third kappa shape index (κ3) is 4.93. The third-order valence-corrected chi connectivity index (χ3v) is 3.97. The van der Waals surface area contributed by atoms with Gasteiger partial charge in [0.2, 0.25) is 5.91 Å². The molecule has 0 aromatic heterocycles. The minimum absolute atomic E-state index is 0.0178. The number of nitrogen functional groups attached to an aromatic ring is 1. The van der Waals surface area contributed by atoms with Crippen LogP contribution in [0.4, 0.5) is 5.69 Å². The second-order valence-electron chi connectivity index (χ2n) is 5.57. The van der Waals surface area contributed by atoms with Crippen molar-refractivity contribution in [3.63, 3.8) is 0 Å². The smallest absolute Gasteiger partial charge is 0.223 e. The number of rotatable bonds is 6. The van der Waals surface area contributed by atoms with Crippen molar-refractivity contribution in [1.29, 1.82) is 0 Å². The van der Waals surface area contributed by atoms with Gasteiger partial charge in [-0.1, -0.05) is 12.8 Å². The largest absolute Gasteiger partial charge is 0.493 e. The molecule has 0 bridgehead atoms. The van der Waals surface area contributed by atoms with Gasteiger partial charge in [0.05, 0.1) is 13.0 Å². The minimum Gasteiger partial charge on any atom is -0.493 e. The first-order chi connectivity index (χ1) is 10.2. The lowest BCUT2D eigenvalue weighted by atomic mass is 9.85. The number of hydrogen-bond acceptors (Lipinski definition) is 4. The van der Waals surface area contributed by atoms with Crippen LogP contribution in [-0.4, -0.2) is 30.3 Å². The van der Waals surface area contributed by atoms with E-state index >= 15 is 0 Å². The van der Waals surface area contributed by atoms with E-state index in [0.717, 1.165) is 25.7 Å². The number of nitrogens with one attached hydrogen (secondary N) is 1. The highest BCUT2D eigenvalue weighted by atomic mass is 16.5. The lowest BCUT2D eigenvalue weighted by molar-refractivity contribution is -0.123. The number of aliphatic hydroxyl groups excluding tert-OH is 1. The summed E-state index contributed by atoms with van der Waals surface area (Å²) in [6, 6.07) is 7.21. The number of carbonyl (C=O) groups is 1. The van der Waals surface area contributed by atoms with Crippen LogP contribution in [0.3, 0.4) is 0 Å². The maximum absolute atomic E-state index is 11.9. The quantitative estimate of drug-likeness (QED) is 0.697. The maximum Gasteiger partial charge on any atom is 0.223 e. The van der Waals surface area contributed by atoms with Gasteiger partial charge in [-0.05, 0) is 37.1 Å². The van der Waals surface area contributed by atoms with Crippen molar-refractivity contribution in [2.75, 3.05) is 18.9 Å². The zero-order valence-electron chi connectivity index (χ0n) is 12.3. The van der Waals surface area contributed by atoms with E-state index in [2.05, 4.69) is 5.32 Å². The van der Waals surface area contributed by atoms with Crippen molar-refractivity contribution in [2.24, 2.45) is 5.92 Å². The topological polar surface area (TPSA) is 84.6 Å². The Bertz CT molecular complexity index is 447. The molecule has 1 amide bonds. The number of benzene rings is 1. The zero-order valence-corrected chi connectivity index (χ0v) is 12.3. The first-order valence-corrected chi connectivity index (χ1v) is 7.57. The summed E-state index contributed by atoms with van der Waals surface area (Å²) in [7, 11) is 0. The van der Waals surface area contributed by atoms with Gasteiger partial charge >= 0.3 is 0 Å². The van der Waals surface area contributed by atoms with Crippen LogP contribution >= 0.6 is 0 Å². The molecule has 4 N–H and O–H groups in total. The Labute approximate surface area is 125 Å². The zero-order chi connectivity index (χ0) is 15.1. The number of hydrogen-bond donors (Lipinski definition) is 3. The van der Waals surface area contributed by atoms with Gasteiger partial charge in [-0.25, -0.2) is 0 Å². The molecule has 1 aliphatic carbocycles. The van der Waals surface area contributed by atoms with Crippen molar-refractivity contribution in [3.8, 4) is 5.75 Å². The van der Waals surface area contributed by atoms with Crippen LogP contribution in [0.15, 0.2) is 24.3 Å². The van der Waals surface area contributed by atoms with Gasteiger partial charge in [0.1, 0.15) is 5.75 Å². The molecule has 0 radical (unpaired) electrons. The van der Waals surface area contributed by atoms with Crippen molar-refractivity contribution >= 4 is 11.6 Å². The molecular weight excluding hydrogens is 268 g/mol. The molecule has 116 valence electrons. The van der Waals surface area contributed by atoms with Gasteiger partial charge in [0, 0.05) is 24.3 Å². The van der Waals surface area contributed by atoms with E-state index in [-0.39, 0.29) is 24.5 Å². The summed E-state index contributed by atoms with van der Waals surface area (Å²) in [4.78, 5) is 11.9. The molecule has 2 unspecified atom stereocenters. The Balaban J connectivity index is 1.70. The minimum atomic E-state index is -0.0178. The summed E-state index contributed by atoms with van der Waals surface area (Å²) in [6.45, 7) is 0.485. The lowest BCUT2D eigenvalue weighted by Gasteiger charge is -2.30. The molecule has 1 aromatic rings. The molecule has 1 aliphatic rings. The lowest BCUT2D eigenvalue weighted by Crippen LogP contribution is -2.43. The molecule has 1 saturated carbocycles. The molecule has 5 heteroatoms. The highest BCUT2D eigenvalue weighted by molar-refractivity contribution is 5.76. The third-order valence-electron chi connectivity index (χ3n) is 3.97. The number of carbonyl (C=O) groups excluding carboxylic acids is 1. The van der Waals surface area contributed by atoms with Crippen LogP contribution in [0.2, 0.25) is 0 Å². The molecule has 0 saturated heterocycles. The van der Waals surface area contributed by atoms with E-state index in [1.807, 2.05) is 0 Å². The Morgan fingerprint density at radius 2 is 2.00 bits per heavy atom. The molecule has 2 rings (SSSR count).